The molecule has 2 aromatic carbocycles. The molecule has 0 spiro atoms. The van der Waals surface area contributed by atoms with E-state index in [-0.39, 0.29) is 24.4 Å². The molecule has 0 bridgehead atoms. The van der Waals surface area contributed by atoms with Crippen molar-refractivity contribution in [2.24, 2.45) is 11.7 Å². The standard InChI is InChI=1S/C25H31N3O4S.ClH/c1-33(30,31)28(18-19-5-3-2-4-6-19)21-9-13-23(14-10-21)32-22-11-7-20(8-12-22)17-27-16-15-24(27)25(26)29;/h7-16,19,24H,2-6,17-18H2,1H3,(H2,26,29);1H. The van der Waals surface area contributed by atoms with Gasteiger partial charge in [0.05, 0.1) is 11.9 Å². The molecule has 9 heteroatoms. The summed E-state index contributed by atoms with van der Waals surface area (Å²) in [6, 6.07) is 14.5. The lowest BCUT2D eigenvalue weighted by atomic mass is 9.89. The van der Waals surface area contributed by atoms with E-state index in [1.807, 2.05) is 35.4 Å². The Bertz CT molecular complexity index is 1100. The molecule has 1 aliphatic heterocycles. The van der Waals surface area contributed by atoms with Crippen molar-refractivity contribution in [2.45, 2.75) is 44.7 Å². The molecule has 1 heterocycles. The van der Waals surface area contributed by atoms with Gasteiger partial charge in [-0.25, -0.2) is 8.42 Å². The van der Waals surface area contributed by atoms with Gasteiger partial charge in [-0.3, -0.25) is 9.10 Å². The maximum absolute atomic E-state index is 12.4. The topological polar surface area (TPSA) is 92.9 Å². The predicted octanol–water partition coefficient (Wildman–Crippen LogP) is 4.43. The molecule has 1 atom stereocenters. The average molecular weight is 506 g/mol. The number of hydrogen-bond donors (Lipinski definition) is 1. The summed E-state index contributed by atoms with van der Waals surface area (Å²) in [5.41, 5.74) is 7.07. The number of halogens is 1. The Labute approximate surface area is 208 Å². The van der Waals surface area contributed by atoms with Crippen LogP contribution in [0.25, 0.3) is 0 Å². The van der Waals surface area contributed by atoms with Crippen LogP contribution in [-0.2, 0) is 21.4 Å². The Morgan fingerprint density at radius 2 is 1.62 bits per heavy atom. The van der Waals surface area contributed by atoms with Crippen molar-refractivity contribution in [1.29, 1.82) is 0 Å². The highest BCUT2D eigenvalue weighted by Gasteiger charge is 2.25. The van der Waals surface area contributed by atoms with E-state index in [1.54, 1.807) is 30.3 Å². The average Bonchev–Trinajstić information content (AvgIpc) is 2.76. The fourth-order valence-corrected chi connectivity index (χ4v) is 5.42. The van der Waals surface area contributed by atoms with E-state index in [9.17, 15) is 13.2 Å². The number of nitrogens with two attached hydrogens (primary N) is 1. The van der Waals surface area contributed by atoms with Crippen molar-refractivity contribution in [2.75, 3.05) is 17.1 Å². The molecule has 1 amide bonds. The van der Waals surface area contributed by atoms with Crippen molar-refractivity contribution in [3.63, 3.8) is 0 Å². The number of carbonyl (C=O) groups is 1. The van der Waals surface area contributed by atoms with Crippen LogP contribution in [0, 0.1) is 5.92 Å². The Kier molecular flexibility index (Phi) is 8.49. The smallest absolute Gasteiger partial charge is 0.244 e. The monoisotopic (exact) mass is 505 g/mol. The molecule has 2 aliphatic rings. The number of benzene rings is 2. The molecule has 0 aromatic heterocycles. The molecular weight excluding hydrogens is 474 g/mol. The maximum atomic E-state index is 12.4. The number of primary amides is 1. The zero-order valence-electron chi connectivity index (χ0n) is 19.3. The Morgan fingerprint density at radius 3 is 2.12 bits per heavy atom. The minimum absolute atomic E-state index is 0. The zero-order chi connectivity index (χ0) is 23.4. The minimum Gasteiger partial charge on any atom is -0.457 e. The van der Waals surface area contributed by atoms with Crippen LogP contribution >= 0.6 is 12.4 Å². The van der Waals surface area contributed by atoms with E-state index in [0.29, 0.717) is 36.2 Å². The summed E-state index contributed by atoms with van der Waals surface area (Å²) in [4.78, 5) is 13.2. The molecule has 2 N–H and O–H groups in total. The lowest BCUT2D eigenvalue weighted by Crippen LogP contribution is -2.45. The summed E-state index contributed by atoms with van der Waals surface area (Å²) < 4.78 is 32.3. The van der Waals surface area contributed by atoms with Gasteiger partial charge in [-0.05, 0) is 73.0 Å². The van der Waals surface area contributed by atoms with E-state index < -0.39 is 10.0 Å². The van der Waals surface area contributed by atoms with Crippen molar-refractivity contribution in [3.05, 3.63) is 66.4 Å². The summed E-state index contributed by atoms with van der Waals surface area (Å²) in [6.07, 6.45) is 10.7. The largest absolute Gasteiger partial charge is 0.457 e. The van der Waals surface area contributed by atoms with Crippen LogP contribution in [0.1, 0.15) is 37.7 Å². The fourth-order valence-electron chi connectivity index (χ4n) is 4.43. The van der Waals surface area contributed by atoms with Gasteiger partial charge in [0.1, 0.15) is 17.5 Å². The van der Waals surface area contributed by atoms with Crippen LogP contribution in [0.2, 0.25) is 0 Å². The molecule has 1 fully saturated rings. The third kappa shape index (κ3) is 6.45. The van der Waals surface area contributed by atoms with Gasteiger partial charge in [-0.2, -0.15) is 0 Å². The highest BCUT2D eigenvalue weighted by atomic mass is 35.5. The van der Waals surface area contributed by atoms with Crippen LogP contribution in [0.4, 0.5) is 5.69 Å². The van der Waals surface area contributed by atoms with Gasteiger partial charge in [0.2, 0.25) is 15.9 Å². The number of rotatable bonds is 9. The van der Waals surface area contributed by atoms with Crippen LogP contribution in [0.5, 0.6) is 11.5 Å². The quantitative estimate of drug-likeness (QED) is 0.544. The third-order valence-electron chi connectivity index (χ3n) is 6.31. The van der Waals surface area contributed by atoms with Gasteiger partial charge in [0, 0.05) is 13.1 Å². The summed E-state index contributed by atoms with van der Waals surface area (Å²) in [5, 5.41) is 0. The maximum Gasteiger partial charge on any atom is 0.244 e. The van der Waals surface area contributed by atoms with Gasteiger partial charge in [-0.1, -0.05) is 31.4 Å². The molecule has 1 aliphatic carbocycles. The molecule has 1 unspecified atom stereocenters. The number of amides is 1. The highest BCUT2D eigenvalue weighted by molar-refractivity contribution is 7.92. The first-order valence-electron chi connectivity index (χ1n) is 11.4. The van der Waals surface area contributed by atoms with Gasteiger partial charge >= 0.3 is 0 Å². The molecule has 34 heavy (non-hydrogen) atoms. The molecule has 0 radical (unpaired) electrons. The lowest BCUT2D eigenvalue weighted by Gasteiger charge is -2.33. The molecule has 7 nitrogen and oxygen atoms in total. The van der Waals surface area contributed by atoms with Gasteiger partial charge in [0.15, 0.2) is 0 Å². The summed E-state index contributed by atoms with van der Waals surface area (Å²) in [7, 11) is -3.36. The van der Waals surface area contributed by atoms with Gasteiger partial charge in [0.25, 0.3) is 0 Å². The van der Waals surface area contributed by atoms with E-state index in [0.717, 1.165) is 18.4 Å². The molecule has 4 rings (SSSR count). The highest BCUT2D eigenvalue weighted by Crippen LogP contribution is 2.30. The van der Waals surface area contributed by atoms with E-state index in [4.69, 9.17) is 10.5 Å². The summed E-state index contributed by atoms with van der Waals surface area (Å²) in [5.74, 6) is 1.37. The molecule has 2 aromatic rings. The minimum atomic E-state index is -3.36. The number of sulfonamides is 1. The number of hydrogen-bond acceptors (Lipinski definition) is 5. The van der Waals surface area contributed by atoms with Crippen LogP contribution in [0.3, 0.4) is 0 Å². The molecule has 0 saturated heterocycles. The Morgan fingerprint density at radius 1 is 1.03 bits per heavy atom. The second kappa shape index (κ2) is 11.1. The second-order valence-electron chi connectivity index (χ2n) is 8.90. The molecule has 184 valence electrons. The first-order chi connectivity index (χ1) is 15.8. The Hall–Kier alpha value is -2.71. The fraction of sp³-hybridized carbons (Fsp3) is 0.400. The van der Waals surface area contributed by atoms with E-state index in [2.05, 4.69) is 0 Å². The number of ether oxygens (including phenoxy) is 1. The Balaban J connectivity index is 0.00000324. The number of anilines is 1. The number of nitrogens with zero attached hydrogens (tertiary/aromatic N) is 2. The SMILES string of the molecule is CS(=O)(=O)N(CC1CCCCC1)c1ccc(Oc2ccc(CN3C=CC3C(N)=O)cc2)cc1.Cl. The molecular formula is C25H32ClN3O4S. The second-order valence-corrected chi connectivity index (χ2v) is 10.8. The van der Waals surface area contributed by atoms with Crippen molar-refractivity contribution >= 4 is 34.0 Å². The van der Waals surface area contributed by atoms with Crippen LogP contribution < -0.4 is 14.8 Å². The first kappa shape index (κ1) is 25.9. The summed E-state index contributed by atoms with van der Waals surface area (Å²) >= 11 is 0. The third-order valence-corrected chi connectivity index (χ3v) is 7.47. The van der Waals surface area contributed by atoms with Gasteiger partial charge < -0.3 is 15.4 Å². The van der Waals surface area contributed by atoms with Crippen LogP contribution in [0.15, 0.2) is 60.8 Å². The van der Waals surface area contributed by atoms with Crippen LogP contribution in [-0.4, -0.2) is 38.1 Å². The van der Waals surface area contributed by atoms with E-state index in [1.165, 1.54) is 29.8 Å². The normalized spacial score (nSPS) is 18.0. The van der Waals surface area contributed by atoms with Crippen molar-refractivity contribution in [1.82, 2.24) is 4.90 Å². The zero-order valence-corrected chi connectivity index (χ0v) is 20.9. The van der Waals surface area contributed by atoms with E-state index >= 15 is 0 Å². The predicted molar refractivity (Wildman–Crippen MR) is 137 cm³/mol. The first-order valence-corrected chi connectivity index (χ1v) is 13.2. The van der Waals surface area contributed by atoms with Crippen molar-refractivity contribution in [3.8, 4) is 11.5 Å². The van der Waals surface area contributed by atoms with Crippen molar-refractivity contribution < 1.29 is 17.9 Å². The molecule has 1 saturated carbocycles. The summed E-state index contributed by atoms with van der Waals surface area (Å²) in [6.45, 7) is 1.13. The lowest BCUT2D eigenvalue weighted by molar-refractivity contribution is -0.121. The van der Waals surface area contributed by atoms with Gasteiger partial charge in [-0.15, -0.1) is 12.4 Å². The number of carbonyl (C=O) groups excluding carboxylic acids is 1.